The Hall–Kier alpha value is -1.88. The molecule has 0 fully saturated rings. The minimum atomic E-state index is -0.351. The first-order valence-electron chi connectivity index (χ1n) is 6.20. The van der Waals surface area contributed by atoms with Crippen LogP contribution < -0.4 is 10.6 Å². The zero-order valence-electron chi connectivity index (χ0n) is 11.5. The molecule has 0 heterocycles. The van der Waals surface area contributed by atoms with Crippen molar-refractivity contribution in [3.63, 3.8) is 0 Å². The molecular formula is C14H20N2O3. The number of benzene rings is 1. The fraction of sp³-hybridized carbons (Fsp3) is 0.429. The molecule has 2 N–H and O–H groups in total. The Kier molecular flexibility index (Phi) is 6.02. The van der Waals surface area contributed by atoms with E-state index in [0.29, 0.717) is 12.1 Å². The van der Waals surface area contributed by atoms with Gasteiger partial charge in [-0.25, -0.2) is 4.79 Å². The Balaban J connectivity index is 2.38. The van der Waals surface area contributed by atoms with Gasteiger partial charge in [-0.15, -0.1) is 0 Å². The lowest BCUT2D eigenvalue weighted by Gasteiger charge is -2.09. The van der Waals surface area contributed by atoms with Crippen LogP contribution in [0, 0.1) is 0 Å². The first-order valence-corrected chi connectivity index (χ1v) is 6.20. The standard InChI is InChI=1S/C14H20N2O3/c1-10(2)16-13(17)9-15-8-11-4-6-12(7-5-11)14(18)19-3/h4-7,10,15H,8-9H2,1-3H3,(H,16,17). The van der Waals surface area contributed by atoms with Crippen molar-refractivity contribution >= 4 is 11.9 Å². The van der Waals surface area contributed by atoms with E-state index >= 15 is 0 Å². The summed E-state index contributed by atoms with van der Waals surface area (Å²) in [4.78, 5) is 22.6. The largest absolute Gasteiger partial charge is 0.465 e. The summed E-state index contributed by atoms with van der Waals surface area (Å²) in [5.41, 5.74) is 1.52. The molecule has 104 valence electrons. The molecule has 1 amide bonds. The van der Waals surface area contributed by atoms with Crippen LogP contribution in [0.2, 0.25) is 0 Å². The maximum Gasteiger partial charge on any atom is 0.337 e. The zero-order chi connectivity index (χ0) is 14.3. The van der Waals surface area contributed by atoms with Gasteiger partial charge in [-0.3, -0.25) is 4.79 Å². The predicted molar refractivity (Wildman–Crippen MR) is 72.8 cm³/mol. The molecule has 0 aliphatic heterocycles. The van der Waals surface area contributed by atoms with Crippen LogP contribution in [0.15, 0.2) is 24.3 Å². The zero-order valence-corrected chi connectivity index (χ0v) is 11.5. The summed E-state index contributed by atoms with van der Waals surface area (Å²) < 4.78 is 4.62. The molecule has 0 saturated heterocycles. The first-order chi connectivity index (χ1) is 9.02. The molecule has 0 spiro atoms. The molecule has 0 unspecified atom stereocenters. The number of methoxy groups -OCH3 is 1. The quantitative estimate of drug-likeness (QED) is 0.755. The van der Waals surface area contributed by atoms with Crippen LogP contribution in [0.4, 0.5) is 0 Å². The highest BCUT2D eigenvalue weighted by atomic mass is 16.5. The van der Waals surface area contributed by atoms with Gasteiger partial charge >= 0.3 is 5.97 Å². The van der Waals surface area contributed by atoms with E-state index < -0.39 is 0 Å². The van der Waals surface area contributed by atoms with Crippen LogP contribution in [0.1, 0.15) is 29.8 Å². The van der Waals surface area contributed by atoms with Crippen molar-refractivity contribution in [1.29, 1.82) is 0 Å². The Morgan fingerprint density at radius 2 is 1.84 bits per heavy atom. The van der Waals surface area contributed by atoms with Crippen LogP contribution >= 0.6 is 0 Å². The second-order valence-corrected chi connectivity index (χ2v) is 4.51. The van der Waals surface area contributed by atoms with E-state index in [0.717, 1.165) is 5.56 Å². The Morgan fingerprint density at radius 3 is 2.37 bits per heavy atom. The summed E-state index contributed by atoms with van der Waals surface area (Å²) in [5, 5.41) is 5.84. The van der Waals surface area contributed by atoms with E-state index in [9.17, 15) is 9.59 Å². The summed E-state index contributed by atoms with van der Waals surface area (Å²) in [6.45, 7) is 4.69. The van der Waals surface area contributed by atoms with Crippen LogP contribution in [-0.2, 0) is 16.1 Å². The number of ether oxygens (including phenoxy) is 1. The summed E-state index contributed by atoms with van der Waals surface area (Å²) in [6, 6.07) is 7.22. The summed E-state index contributed by atoms with van der Waals surface area (Å²) in [7, 11) is 1.35. The van der Waals surface area contributed by atoms with E-state index in [1.54, 1.807) is 12.1 Å². The average molecular weight is 264 g/mol. The third-order valence-electron chi connectivity index (χ3n) is 2.44. The predicted octanol–water partition coefficient (Wildman–Crippen LogP) is 1.09. The number of rotatable bonds is 6. The first kappa shape index (κ1) is 15.2. The van der Waals surface area contributed by atoms with Gasteiger partial charge in [-0.1, -0.05) is 12.1 Å². The second-order valence-electron chi connectivity index (χ2n) is 4.51. The van der Waals surface area contributed by atoms with Gasteiger partial charge in [0.1, 0.15) is 0 Å². The lowest BCUT2D eigenvalue weighted by atomic mass is 10.1. The molecule has 19 heavy (non-hydrogen) atoms. The Bertz CT molecular complexity index is 427. The average Bonchev–Trinajstić information content (AvgIpc) is 2.37. The molecule has 0 aliphatic carbocycles. The van der Waals surface area contributed by atoms with Crippen molar-refractivity contribution in [1.82, 2.24) is 10.6 Å². The van der Waals surface area contributed by atoms with E-state index in [2.05, 4.69) is 15.4 Å². The number of amides is 1. The van der Waals surface area contributed by atoms with Crippen LogP contribution in [0.3, 0.4) is 0 Å². The SMILES string of the molecule is COC(=O)c1ccc(CNCC(=O)NC(C)C)cc1. The van der Waals surface area contributed by atoms with Crippen molar-refractivity contribution < 1.29 is 14.3 Å². The molecule has 0 saturated carbocycles. The third kappa shape index (κ3) is 5.52. The maximum atomic E-state index is 11.4. The number of hydrogen-bond donors (Lipinski definition) is 2. The molecule has 0 bridgehead atoms. The molecule has 5 heteroatoms. The van der Waals surface area contributed by atoms with Gasteiger partial charge in [-0.2, -0.15) is 0 Å². The van der Waals surface area contributed by atoms with E-state index in [1.807, 2.05) is 26.0 Å². The van der Waals surface area contributed by atoms with Crippen LogP contribution in [-0.4, -0.2) is 31.6 Å². The highest BCUT2D eigenvalue weighted by Crippen LogP contribution is 2.05. The van der Waals surface area contributed by atoms with Crippen molar-refractivity contribution in [2.75, 3.05) is 13.7 Å². The van der Waals surface area contributed by atoms with E-state index in [-0.39, 0.29) is 24.5 Å². The summed E-state index contributed by atoms with van der Waals surface area (Å²) in [6.07, 6.45) is 0. The smallest absolute Gasteiger partial charge is 0.337 e. The van der Waals surface area contributed by atoms with Gasteiger partial charge in [0.15, 0.2) is 0 Å². The van der Waals surface area contributed by atoms with Gasteiger partial charge in [0.25, 0.3) is 0 Å². The van der Waals surface area contributed by atoms with Gasteiger partial charge in [0, 0.05) is 12.6 Å². The molecular weight excluding hydrogens is 244 g/mol. The number of esters is 1. The fourth-order valence-electron chi connectivity index (χ4n) is 1.57. The molecule has 1 aromatic carbocycles. The van der Waals surface area contributed by atoms with Crippen molar-refractivity contribution in [3.05, 3.63) is 35.4 Å². The number of hydrogen-bond acceptors (Lipinski definition) is 4. The molecule has 0 aromatic heterocycles. The Labute approximate surface area is 113 Å². The highest BCUT2D eigenvalue weighted by molar-refractivity contribution is 5.89. The fourth-order valence-corrected chi connectivity index (χ4v) is 1.57. The molecule has 0 atom stereocenters. The van der Waals surface area contributed by atoms with Gasteiger partial charge < -0.3 is 15.4 Å². The third-order valence-corrected chi connectivity index (χ3v) is 2.44. The molecule has 0 radical (unpaired) electrons. The van der Waals surface area contributed by atoms with Crippen molar-refractivity contribution in [3.8, 4) is 0 Å². The highest BCUT2D eigenvalue weighted by Gasteiger charge is 2.05. The second kappa shape index (κ2) is 7.53. The minimum absolute atomic E-state index is 0.0267. The maximum absolute atomic E-state index is 11.4. The van der Waals surface area contributed by atoms with E-state index in [4.69, 9.17) is 0 Å². The van der Waals surface area contributed by atoms with Gasteiger partial charge in [0.05, 0.1) is 19.2 Å². The van der Waals surface area contributed by atoms with Crippen LogP contribution in [0.25, 0.3) is 0 Å². The number of nitrogens with one attached hydrogen (secondary N) is 2. The van der Waals surface area contributed by atoms with Gasteiger partial charge in [-0.05, 0) is 31.5 Å². The van der Waals surface area contributed by atoms with Gasteiger partial charge in [0.2, 0.25) is 5.91 Å². The van der Waals surface area contributed by atoms with Crippen molar-refractivity contribution in [2.24, 2.45) is 0 Å². The number of carbonyl (C=O) groups excluding carboxylic acids is 2. The molecule has 5 nitrogen and oxygen atoms in total. The summed E-state index contributed by atoms with van der Waals surface area (Å²) >= 11 is 0. The summed E-state index contributed by atoms with van der Waals surface area (Å²) in [5.74, 6) is -0.378. The molecule has 1 aromatic rings. The topological polar surface area (TPSA) is 67.4 Å². The minimum Gasteiger partial charge on any atom is -0.465 e. The van der Waals surface area contributed by atoms with Crippen molar-refractivity contribution in [2.45, 2.75) is 26.4 Å². The molecule has 1 rings (SSSR count). The monoisotopic (exact) mass is 264 g/mol. The normalized spacial score (nSPS) is 10.3. The van der Waals surface area contributed by atoms with E-state index in [1.165, 1.54) is 7.11 Å². The number of carbonyl (C=O) groups is 2. The lowest BCUT2D eigenvalue weighted by molar-refractivity contribution is -0.120. The lowest BCUT2D eigenvalue weighted by Crippen LogP contribution is -2.37. The molecule has 0 aliphatic rings. The van der Waals surface area contributed by atoms with Crippen LogP contribution in [0.5, 0.6) is 0 Å². The Morgan fingerprint density at radius 1 is 1.21 bits per heavy atom.